The third kappa shape index (κ3) is 4.46. The molecule has 1 saturated heterocycles. The summed E-state index contributed by atoms with van der Waals surface area (Å²) in [5.41, 5.74) is 0.352. The van der Waals surface area contributed by atoms with Crippen molar-refractivity contribution >= 4 is 42.2 Å². The van der Waals surface area contributed by atoms with E-state index in [-0.39, 0.29) is 35.0 Å². The van der Waals surface area contributed by atoms with Crippen molar-refractivity contribution in [3.63, 3.8) is 0 Å². The zero-order valence-electron chi connectivity index (χ0n) is 19.4. The van der Waals surface area contributed by atoms with E-state index in [9.17, 15) is 13.2 Å². The molecular formula is C26H29NO5S2. The fourth-order valence-electron chi connectivity index (χ4n) is 4.69. The lowest BCUT2D eigenvalue weighted by molar-refractivity contribution is 0.0119. The molecule has 0 radical (unpaired) electrons. The van der Waals surface area contributed by atoms with Crippen LogP contribution in [-0.2, 0) is 14.8 Å². The van der Waals surface area contributed by atoms with Gasteiger partial charge in [-0.3, -0.25) is 9.10 Å². The number of nitrogens with zero attached hydrogens (tertiary/aromatic N) is 1. The van der Waals surface area contributed by atoms with E-state index in [1.54, 1.807) is 12.1 Å². The Morgan fingerprint density at radius 2 is 1.85 bits per heavy atom. The van der Waals surface area contributed by atoms with Crippen molar-refractivity contribution in [3.8, 4) is 5.75 Å². The Morgan fingerprint density at radius 3 is 2.59 bits per heavy atom. The van der Waals surface area contributed by atoms with E-state index in [4.69, 9.17) is 9.47 Å². The molecule has 1 fully saturated rings. The molecule has 2 aliphatic heterocycles. The average Bonchev–Trinajstić information content (AvgIpc) is 3.26. The number of thiophene rings is 1. The zero-order chi connectivity index (χ0) is 23.9. The van der Waals surface area contributed by atoms with Gasteiger partial charge in [-0.05, 0) is 54.5 Å². The number of ketones is 1. The molecule has 0 spiro atoms. The van der Waals surface area contributed by atoms with Gasteiger partial charge in [-0.2, -0.15) is 0 Å². The minimum atomic E-state index is -3.87. The van der Waals surface area contributed by atoms with Crippen LogP contribution in [0.1, 0.15) is 43.5 Å². The van der Waals surface area contributed by atoms with E-state index in [1.807, 2.05) is 44.2 Å². The van der Waals surface area contributed by atoms with Gasteiger partial charge >= 0.3 is 0 Å². The molecule has 0 N–H and O–H groups in total. The normalized spacial score (nSPS) is 19.3. The smallest absolute Gasteiger partial charge is 0.264 e. The van der Waals surface area contributed by atoms with Crippen LogP contribution >= 0.6 is 11.3 Å². The Bertz CT molecular complexity index is 1270. The molecule has 1 atom stereocenters. The Balaban J connectivity index is 1.48. The summed E-state index contributed by atoms with van der Waals surface area (Å²) < 4.78 is 41.8. The first-order chi connectivity index (χ1) is 16.3. The number of anilines is 1. The summed E-state index contributed by atoms with van der Waals surface area (Å²) in [5, 5.41) is 1.69. The highest BCUT2D eigenvalue weighted by atomic mass is 32.2. The second-order valence-electron chi connectivity index (χ2n) is 9.44. The van der Waals surface area contributed by atoms with Crippen LogP contribution in [0.2, 0.25) is 0 Å². The lowest BCUT2D eigenvalue weighted by Crippen LogP contribution is -2.37. The van der Waals surface area contributed by atoms with Crippen molar-refractivity contribution in [1.29, 1.82) is 0 Å². The molecule has 0 saturated carbocycles. The predicted octanol–water partition coefficient (Wildman–Crippen LogP) is 5.51. The van der Waals surface area contributed by atoms with E-state index in [1.165, 1.54) is 21.7 Å². The Morgan fingerprint density at radius 1 is 1.09 bits per heavy atom. The van der Waals surface area contributed by atoms with Gasteiger partial charge < -0.3 is 9.47 Å². The first-order valence-electron chi connectivity index (χ1n) is 11.8. The largest absolute Gasteiger partial charge is 0.489 e. The number of carbonyl (C=O) groups is 1. The van der Waals surface area contributed by atoms with Crippen LogP contribution in [0.3, 0.4) is 0 Å². The monoisotopic (exact) mass is 499 g/mol. The van der Waals surface area contributed by atoms with Crippen LogP contribution < -0.4 is 9.04 Å². The van der Waals surface area contributed by atoms with Crippen molar-refractivity contribution in [2.75, 3.05) is 24.1 Å². The van der Waals surface area contributed by atoms with Gasteiger partial charge in [0.05, 0.1) is 10.5 Å². The molecule has 34 heavy (non-hydrogen) atoms. The second-order valence-corrected chi connectivity index (χ2v) is 12.4. The summed E-state index contributed by atoms with van der Waals surface area (Å²) >= 11 is 1.46. The fraction of sp³-hybridized carbons (Fsp3) is 0.423. The van der Waals surface area contributed by atoms with Gasteiger partial charge in [0, 0.05) is 36.8 Å². The van der Waals surface area contributed by atoms with Crippen LogP contribution in [0.4, 0.5) is 5.00 Å². The molecular weight excluding hydrogens is 470 g/mol. The Labute approximate surface area is 204 Å². The molecule has 5 rings (SSSR count). The Hall–Kier alpha value is -2.42. The van der Waals surface area contributed by atoms with Crippen LogP contribution in [0.25, 0.3) is 10.1 Å². The molecule has 6 nitrogen and oxygen atoms in total. The van der Waals surface area contributed by atoms with Gasteiger partial charge in [0.15, 0.2) is 5.78 Å². The van der Waals surface area contributed by atoms with E-state index in [0.717, 1.165) is 22.9 Å². The maximum atomic E-state index is 13.8. The third-order valence-electron chi connectivity index (χ3n) is 6.49. The molecule has 2 aliphatic rings. The van der Waals surface area contributed by atoms with Gasteiger partial charge in [-0.25, -0.2) is 8.42 Å². The molecule has 0 amide bonds. The number of hydrogen-bond donors (Lipinski definition) is 0. The van der Waals surface area contributed by atoms with Gasteiger partial charge in [0.25, 0.3) is 10.0 Å². The lowest BCUT2D eigenvalue weighted by Gasteiger charge is -2.34. The number of sulfonamides is 1. The quantitative estimate of drug-likeness (QED) is 0.447. The number of fused-ring (bicyclic) bond motifs is 2. The summed E-state index contributed by atoms with van der Waals surface area (Å²) in [6.45, 7) is 5.72. The van der Waals surface area contributed by atoms with Gasteiger partial charge in [0.2, 0.25) is 0 Å². The topological polar surface area (TPSA) is 72.9 Å². The fourth-order valence-corrected chi connectivity index (χ4v) is 7.62. The highest BCUT2D eigenvalue weighted by Gasteiger charge is 2.35. The molecule has 1 aromatic heterocycles. The molecule has 8 heteroatoms. The minimum absolute atomic E-state index is 0.0629. The average molecular weight is 500 g/mol. The van der Waals surface area contributed by atoms with Crippen molar-refractivity contribution in [1.82, 2.24) is 0 Å². The van der Waals surface area contributed by atoms with Crippen molar-refractivity contribution in [2.45, 2.75) is 44.1 Å². The number of hydrogen-bond acceptors (Lipinski definition) is 6. The number of Topliss-reactive ketones (excluding diaryl/α,β-unsaturated/α-hetero) is 1. The van der Waals surface area contributed by atoms with Crippen molar-refractivity contribution in [2.24, 2.45) is 11.8 Å². The highest BCUT2D eigenvalue weighted by Crippen LogP contribution is 2.38. The van der Waals surface area contributed by atoms with E-state index < -0.39 is 10.0 Å². The minimum Gasteiger partial charge on any atom is -0.489 e. The predicted molar refractivity (Wildman–Crippen MR) is 135 cm³/mol. The first-order valence-corrected chi connectivity index (χ1v) is 14.0. The lowest BCUT2D eigenvalue weighted by atomic mass is 9.87. The molecule has 0 bridgehead atoms. The maximum absolute atomic E-state index is 13.8. The van der Waals surface area contributed by atoms with Crippen molar-refractivity contribution < 1.29 is 22.7 Å². The van der Waals surface area contributed by atoms with Crippen LogP contribution in [-0.4, -0.2) is 40.1 Å². The summed E-state index contributed by atoms with van der Waals surface area (Å²) in [7, 11) is -3.87. The van der Waals surface area contributed by atoms with Gasteiger partial charge in [-0.1, -0.05) is 32.0 Å². The second kappa shape index (κ2) is 9.32. The summed E-state index contributed by atoms with van der Waals surface area (Å²) in [5.74, 6) is 0.822. The summed E-state index contributed by atoms with van der Waals surface area (Å²) in [6.07, 6.45) is 1.84. The molecule has 1 unspecified atom stereocenters. The standard InChI is InChI=1S/C26H29NO5S2/c1-17(2)16-27(26-13-19-5-3-4-6-25(19)33-26)34(29,30)20-7-8-23-21(14-20)22(28)15-24(32-23)18-9-11-31-12-10-18/h3-8,13-14,17-18,24H,9-12,15-16H2,1-2H3. The van der Waals surface area contributed by atoms with E-state index in [2.05, 4.69) is 0 Å². The molecule has 0 aliphatic carbocycles. The summed E-state index contributed by atoms with van der Waals surface area (Å²) in [4.78, 5) is 13.2. The first kappa shape index (κ1) is 23.3. The molecule has 180 valence electrons. The van der Waals surface area contributed by atoms with E-state index in [0.29, 0.717) is 36.1 Å². The summed E-state index contributed by atoms with van der Waals surface area (Å²) in [6, 6.07) is 14.5. The van der Waals surface area contributed by atoms with Crippen LogP contribution in [0.15, 0.2) is 53.4 Å². The molecule has 3 heterocycles. The Kier molecular flexibility index (Phi) is 6.39. The van der Waals surface area contributed by atoms with E-state index >= 15 is 0 Å². The number of carbonyl (C=O) groups excluding carboxylic acids is 1. The SMILES string of the molecule is CC(C)CN(c1cc2ccccc2s1)S(=O)(=O)c1ccc2c(c1)C(=O)CC(C1CCOCC1)O2. The highest BCUT2D eigenvalue weighted by molar-refractivity contribution is 7.93. The third-order valence-corrected chi connectivity index (χ3v) is 9.52. The maximum Gasteiger partial charge on any atom is 0.264 e. The molecule has 2 aromatic carbocycles. The number of benzene rings is 2. The number of ether oxygens (including phenoxy) is 2. The number of rotatable bonds is 6. The van der Waals surface area contributed by atoms with Gasteiger partial charge in [-0.15, -0.1) is 11.3 Å². The van der Waals surface area contributed by atoms with Crippen molar-refractivity contribution in [3.05, 3.63) is 54.1 Å². The van der Waals surface area contributed by atoms with Gasteiger partial charge in [0.1, 0.15) is 16.9 Å². The zero-order valence-corrected chi connectivity index (χ0v) is 21.0. The van der Waals surface area contributed by atoms with Crippen LogP contribution in [0.5, 0.6) is 5.75 Å². The molecule has 3 aromatic rings. The van der Waals surface area contributed by atoms with Crippen LogP contribution in [0, 0.1) is 11.8 Å².